The molecule has 1 aliphatic carbocycles. The summed E-state index contributed by atoms with van der Waals surface area (Å²) in [7, 11) is 0. The summed E-state index contributed by atoms with van der Waals surface area (Å²) in [5.41, 5.74) is -16.4. The zero-order valence-electron chi connectivity index (χ0n) is 23.4. The minimum absolute atomic E-state index is 0.129. The van der Waals surface area contributed by atoms with Crippen molar-refractivity contribution in [2.75, 3.05) is 0 Å². The first-order chi connectivity index (χ1) is 16.6. The maximum absolute atomic E-state index is 14.2. The summed E-state index contributed by atoms with van der Waals surface area (Å²) in [4.78, 5) is 0. The summed E-state index contributed by atoms with van der Waals surface area (Å²) in [6.07, 6.45) is -3.00. The molecule has 1 rings (SSSR count). The molecule has 0 amide bonds. The van der Waals surface area contributed by atoms with Gasteiger partial charge in [0.05, 0.1) is 0 Å². The molecule has 0 bridgehead atoms. The van der Waals surface area contributed by atoms with Crippen molar-refractivity contribution in [1.82, 2.24) is 0 Å². The smallest absolute Gasteiger partial charge is 0.244 e. The second-order valence-electron chi connectivity index (χ2n) is 10.1. The van der Waals surface area contributed by atoms with Crippen molar-refractivity contribution in [3.8, 4) is 0 Å². The first-order valence-corrected chi connectivity index (χ1v) is 12.5. The topological polar surface area (TPSA) is 0 Å². The number of rotatable bonds is 8. The Morgan fingerprint density at radius 3 is 0.868 bits per heavy atom. The van der Waals surface area contributed by atoms with E-state index in [0.717, 1.165) is 20.8 Å². The van der Waals surface area contributed by atoms with Crippen LogP contribution in [0, 0.1) is 0 Å². The van der Waals surface area contributed by atoms with Gasteiger partial charge in [0.1, 0.15) is 5.67 Å². The summed E-state index contributed by atoms with van der Waals surface area (Å²) in [6.45, 7) is 8.79. The molecule has 232 valence electrons. The van der Waals surface area contributed by atoms with Crippen molar-refractivity contribution < 1.29 is 57.1 Å². The van der Waals surface area contributed by atoms with Gasteiger partial charge in [-0.15, -0.1) is 0 Å². The van der Waals surface area contributed by atoms with Gasteiger partial charge in [0, 0.05) is 20.3 Å². The molecule has 13 heteroatoms. The van der Waals surface area contributed by atoms with E-state index < -0.39 is 77.7 Å². The first-order valence-electron chi connectivity index (χ1n) is 12.5. The van der Waals surface area contributed by atoms with Crippen molar-refractivity contribution >= 4 is 0 Å². The Morgan fingerprint density at radius 2 is 0.763 bits per heavy atom. The highest BCUT2D eigenvalue weighted by Gasteiger charge is 2.86. The Morgan fingerprint density at radius 1 is 0.500 bits per heavy atom. The van der Waals surface area contributed by atoms with E-state index in [1.807, 2.05) is 20.8 Å². The molecule has 2 unspecified atom stereocenters. The van der Waals surface area contributed by atoms with Gasteiger partial charge in [-0.1, -0.05) is 41.5 Å². The minimum atomic E-state index is -4.95. The van der Waals surface area contributed by atoms with Gasteiger partial charge in [-0.3, -0.25) is 0 Å². The Hall–Kier alpha value is -0.910. The van der Waals surface area contributed by atoms with Gasteiger partial charge >= 0.3 is 11.8 Å². The lowest BCUT2D eigenvalue weighted by atomic mass is 9.62. The Kier molecular flexibility index (Phi) is 12.7. The summed E-state index contributed by atoms with van der Waals surface area (Å²) in [5.74, 6) is -18.0. The first kappa shape index (κ1) is 39.2. The zero-order valence-corrected chi connectivity index (χ0v) is 23.4. The molecule has 0 radical (unpaired) electrons. The van der Waals surface area contributed by atoms with E-state index >= 15 is 0 Å². The normalized spacial score (nSPS) is 29.5. The molecule has 1 fully saturated rings. The fourth-order valence-corrected chi connectivity index (χ4v) is 3.85. The molecule has 0 heterocycles. The molecule has 0 aromatic carbocycles. The van der Waals surface area contributed by atoms with E-state index in [4.69, 9.17) is 0 Å². The van der Waals surface area contributed by atoms with E-state index in [0.29, 0.717) is 19.3 Å². The lowest BCUT2D eigenvalue weighted by Gasteiger charge is -2.54. The Bertz CT molecular complexity index is 667. The molecular weight excluding hydrogens is 547 g/mol. The fourth-order valence-electron chi connectivity index (χ4n) is 3.85. The van der Waals surface area contributed by atoms with Crippen LogP contribution in [0.25, 0.3) is 0 Å². The average Bonchev–Trinajstić information content (AvgIpc) is 2.80. The van der Waals surface area contributed by atoms with Crippen LogP contribution in [0.5, 0.6) is 0 Å². The predicted molar refractivity (Wildman–Crippen MR) is 122 cm³/mol. The number of hydrogen-bond donors (Lipinski definition) is 0. The van der Waals surface area contributed by atoms with E-state index in [1.54, 1.807) is 0 Å². The van der Waals surface area contributed by atoms with Gasteiger partial charge in [-0.2, -0.15) is 17.6 Å². The van der Waals surface area contributed by atoms with Crippen LogP contribution in [0.15, 0.2) is 0 Å². The number of halogens is 13. The second kappa shape index (κ2) is 12.3. The Balaban J connectivity index is 0. The molecule has 0 aliphatic heterocycles. The van der Waals surface area contributed by atoms with Gasteiger partial charge in [-0.05, 0) is 45.4 Å². The maximum Gasteiger partial charge on any atom is 0.320 e. The summed E-state index contributed by atoms with van der Waals surface area (Å²) < 4.78 is 172. The molecule has 0 spiro atoms. The highest BCUT2D eigenvalue weighted by molar-refractivity contribution is 5.24. The zero-order chi connectivity index (χ0) is 31.4. The van der Waals surface area contributed by atoms with Crippen LogP contribution in [0.3, 0.4) is 0 Å². The predicted octanol–water partition coefficient (Wildman–Crippen LogP) is 11.0. The van der Waals surface area contributed by atoms with Gasteiger partial charge in [-0.25, -0.2) is 39.5 Å². The molecule has 0 aromatic heterocycles. The van der Waals surface area contributed by atoms with Crippen LogP contribution in [-0.4, -0.2) is 52.0 Å². The van der Waals surface area contributed by atoms with Crippen molar-refractivity contribution in [2.45, 2.75) is 159 Å². The van der Waals surface area contributed by atoms with Crippen molar-refractivity contribution in [3.05, 3.63) is 0 Å². The minimum Gasteiger partial charge on any atom is -0.244 e. The molecule has 0 nitrogen and oxygen atoms in total. The van der Waals surface area contributed by atoms with Gasteiger partial charge in [0.15, 0.2) is 11.3 Å². The van der Waals surface area contributed by atoms with Crippen molar-refractivity contribution in [3.63, 3.8) is 0 Å². The van der Waals surface area contributed by atoms with Crippen LogP contribution in [0.2, 0.25) is 0 Å². The van der Waals surface area contributed by atoms with Gasteiger partial charge in [0.25, 0.3) is 11.8 Å². The van der Waals surface area contributed by atoms with Gasteiger partial charge < -0.3 is 0 Å². The Labute approximate surface area is 217 Å². The molecule has 0 N–H and O–H groups in total. The summed E-state index contributed by atoms with van der Waals surface area (Å²) in [5, 5.41) is 0. The summed E-state index contributed by atoms with van der Waals surface area (Å²) >= 11 is 0. The molecule has 2 atom stereocenters. The highest BCUT2D eigenvalue weighted by atomic mass is 19.3. The van der Waals surface area contributed by atoms with Crippen LogP contribution < -0.4 is 0 Å². The number of hydrogen-bond acceptors (Lipinski definition) is 0. The largest absolute Gasteiger partial charge is 0.320 e. The third kappa shape index (κ3) is 6.86. The highest BCUT2D eigenvalue weighted by Crippen LogP contribution is 2.65. The van der Waals surface area contributed by atoms with Crippen LogP contribution in [0.4, 0.5) is 57.1 Å². The molecular formula is C25H41F13. The van der Waals surface area contributed by atoms with E-state index in [-0.39, 0.29) is 20.8 Å². The van der Waals surface area contributed by atoms with Gasteiger partial charge in [0.2, 0.25) is 11.3 Å². The SMILES string of the molecule is CC(F)(F)C(C)(F)C(C)(F)F.CCC(F)(CC)CC.CCC1(F)CC(F)(CC)C(F)(F)C(F)(CC)C1(F)F. The fraction of sp³-hybridized carbons (Fsp3) is 1.00. The molecule has 38 heavy (non-hydrogen) atoms. The van der Waals surface area contributed by atoms with Crippen molar-refractivity contribution in [1.29, 1.82) is 0 Å². The average molecular weight is 589 g/mol. The maximum atomic E-state index is 14.2. The molecule has 0 aromatic rings. The van der Waals surface area contributed by atoms with Crippen LogP contribution in [0.1, 0.15) is 107 Å². The summed E-state index contributed by atoms with van der Waals surface area (Å²) in [6, 6.07) is 0. The standard InChI is InChI=1S/C12H17F7.C7H15F.C6H9F5/c1-4-8(13)7-9(14,5-2)12(18,19)10(15,6-3)11(8,16)17;1-4-7(8,5-2)6-3;1-4(7,5(2,8)9)6(3,10)11/h4-7H2,1-3H3;4-6H2,1-3H3;1-3H3. The van der Waals surface area contributed by atoms with Crippen molar-refractivity contribution in [2.24, 2.45) is 0 Å². The molecule has 1 aliphatic rings. The lowest BCUT2D eigenvalue weighted by molar-refractivity contribution is -0.366. The number of alkyl halides is 13. The quantitative estimate of drug-likeness (QED) is 0.248. The van der Waals surface area contributed by atoms with E-state index in [1.165, 1.54) is 0 Å². The second-order valence-corrected chi connectivity index (χ2v) is 10.1. The van der Waals surface area contributed by atoms with Crippen LogP contribution in [-0.2, 0) is 0 Å². The van der Waals surface area contributed by atoms with E-state index in [9.17, 15) is 57.1 Å². The third-order valence-electron chi connectivity index (χ3n) is 7.84. The monoisotopic (exact) mass is 588 g/mol. The molecule has 0 saturated heterocycles. The molecule has 1 saturated carbocycles. The van der Waals surface area contributed by atoms with E-state index in [2.05, 4.69) is 0 Å². The van der Waals surface area contributed by atoms with Crippen LogP contribution >= 0.6 is 0 Å². The third-order valence-corrected chi connectivity index (χ3v) is 7.84. The lowest BCUT2D eigenvalue weighted by Crippen LogP contribution is -2.76.